The van der Waals surface area contributed by atoms with Crippen LogP contribution in [0.5, 0.6) is 0 Å². The molecule has 0 spiro atoms. The van der Waals surface area contributed by atoms with Gasteiger partial charge in [-0.3, -0.25) is 9.59 Å². The van der Waals surface area contributed by atoms with Gasteiger partial charge in [-0.1, -0.05) is 50.6 Å². The molecule has 2 rings (SSSR count). The number of halogens is 1. The fourth-order valence-electron chi connectivity index (χ4n) is 3.53. The van der Waals surface area contributed by atoms with E-state index in [0.29, 0.717) is 13.0 Å². The molecule has 0 aliphatic heterocycles. The molecule has 1 N–H and O–H groups in total. The maximum absolute atomic E-state index is 13.6. The smallest absolute Gasteiger partial charge is 0.304 e. The van der Waals surface area contributed by atoms with Crippen molar-refractivity contribution in [2.75, 3.05) is 31.5 Å². The van der Waals surface area contributed by atoms with Gasteiger partial charge < -0.3 is 10.2 Å². The average molecular weight is 507 g/mol. The van der Waals surface area contributed by atoms with Crippen LogP contribution in [0.1, 0.15) is 38.7 Å². The Kier molecular flexibility index (Phi) is 10.7. The number of nitrogens with one attached hydrogen (secondary N) is 1. The van der Waals surface area contributed by atoms with Gasteiger partial charge in [0.15, 0.2) is 0 Å². The van der Waals surface area contributed by atoms with Crippen molar-refractivity contribution in [2.45, 2.75) is 45.7 Å². The predicted octanol–water partition coefficient (Wildman–Crippen LogP) is 3.16. The van der Waals surface area contributed by atoms with Crippen LogP contribution in [0.4, 0.5) is 10.1 Å². The van der Waals surface area contributed by atoms with Gasteiger partial charge in [-0.15, -0.1) is 0 Å². The Morgan fingerprint density at radius 1 is 1.00 bits per heavy atom. The highest BCUT2D eigenvalue weighted by atomic mass is 32.2. The molecule has 0 saturated heterocycles. The molecule has 0 radical (unpaired) electrons. The lowest BCUT2D eigenvalue weighted by molar-refractivity contribution is -0.140. The van der Waals surface area contributed by atoms with Crippen LogP contribution in [0.25, 0.3) is 0 Å². The molecule has 0 fully saturated rings. The summed E-state index contributed by atoms with van der Waals surface area (Å²) in [6.07, 6.45) is 2.08. The first kappa shape index (κ1) is 28.3. The Labute approximate surface area is 207 Å². The van der Waals surface area contributed by atoms with Crippen molar-refractivity contribution < 1.29 is 22.4 Å². The summed E-state index contributed by atoms with van der Waals surface area (Å²) in [5.41, 5.74) is 0.956. The van der Waals surface area contributed by atoms with E-state index >= 15 is 0 Å². The van der Waals surface area contributed by atoms with Crippen LogP contribution in [0.15, 0.2) is 54.6 Å². The molecule has 35 heavy (non-hydrogen) atoms. The van der Waals surface area contributed by atoms with Gasteiger partial charge >= 0.3 is 10.2 Å². The van der Waals surface area contributed by atoms with Gasteiger partial charge in [0.25, 0.3) is 0 Å². The molecule has 192 valence electrons. The second-order valence-electron chi connectivity index (χ2n) is 8.35. The van der Waals surface area contributed by atoms with Gasteiger partial charge in [-0.25, -0.2) is 8.70 Å². The third kappa shape index (κ3) is 7.76. The maximum Gasteiger partial charge on any atom is 0.304 e. The lowest BCUT2D eigenvalue weighted by Crippen LogP contribution is -2.53. The van der Waals surface area contributed by atoms with Crippen LogP contribution in [0.2, 0.25) is 0 Å². The van der Waals surface area contributed by atoms with E-state index in [4.69, 9.17) is 0 Å². The Hall–Kier alpha value is -2.98. The fraction of sp³-hybridized carbons (Fsp3) is 0.440. The largest absolute Gasteiger partial charge is 0.354 e. The Bertz CT molecular complexity index is 1060. The molecule has 0 aromatic heterocycles. The van der Waals surface area contributed by atoms with Gasteiger partial charge in [0, 0.05) is 27.2 Å². The van der Waals surface area contributed by atoms with Crippen molar-refractivity contribution >= 4 is 27.7 Å². The van der Waals surface area contributed by atoms with Crippen LogP contribution in [-0.4, -0.2) is 62.7 Å². The highest BCUT2D eigenvalue weighted by molar-refractivity contribution is 7.90. The van der Waals surface area contributed by atoms with Crippen LogP contribution in [-0.2, 0) is 26.3 Å². The lowest BCUT2D eigenvalue weighted by atomic mass is 10.1. The molecule has 1 atom stereocenters. The zero-order valence-corrected chi connectivity index (χ0v) is 21.6. The summed E-state index contributed by atoms with van der Waals surface area (Å²) in [7, 11) is -1.37. The second-order valence-corrected chi connectivity index (χ2v) is 10.4. The molecule has 0 aliphatic carbocycles. The van der Waals surface area contributed by atoms with Crippen molar-refractivity contribution in [1.29, 1.82) is 0 Å². The molecule has 8 nitrogen and oxygen atoms in total. The van der Waals surface area contributed by atoms with Gasteiger partial charge in [-0.2, -0.15) is 12.7 Å². The third-order valence-electron chi connectivity index (χ3n) is 5.54. The number of nitrogens with zero attached hydrogens (tertiary/aromatic N) is 3. The third-order valence-corrected chi connectivity index (χ3v) is 7.36. The zero-order valence-electron chi connectivity index (χ0n) is 20.8. The minimum Gasteiger partial charge on any atom is -0.354 e. The second kappa shape index (κ2) is 13.2. The first-order chi connectivity index (χ1) is 16.6. The first-order valence-corrected chi connectivity index (χ1v) is 13.1. The number of carbonyl (C=O) groups excluding carboxylic acids is 2. The summed E-state index contributed by atoms with van der Waals surface area (Å²) < 4.78 is 41.6. The quantitative estimate of drug-likeness (QED) is 0.423. The van der Waals surface area contributed by atoms with Crippen molar-refractivity contribution in [1.82, 2.24) is 14.5 Å². The van der Waals surface area contributed by atoms with Crippen molar-refractivity contribution in [3.63, 3.8) is 0 Å². The summed E-state index contributed by atoms with van der Waals surface area (Å²) in [5.74, 6) is -1.35. The van der Waals surface area contributed by atoms with E-state index in [2.05, 4.69) is 5.32 Å². The Morgan fingerprint density at radius 3 is 2.17 bits per heavy atom. The molecule has 2 amide bonds. The summed E-state index contributed by atoms with van der Waals surface area (Å²) in [6, 6.07) is 13.3. The Balaban J connectivity index is 2.43. The number of hydrogen-bond donors (Lipinski definition) is 1. The molecule has 10 heteroatoms. The molecule has 1 unspecified atom stereocenters. The average Bonchev–Trinajstić information content (AvgIpc) is 2.83. The van der Waals surface area contributed by atoms with E-state index in [9.17, 15) is 22.4 Å². The summed E-state index contributed by atoms with van der Waals surface area (Å²) in [5, 5.41) is 2.88. The van der Waals surface area contributed by atoms with E-state index in [1.165, 1.54) is 31.1 Å². The number of amides is 2. The molecular formula is C25H35FN4O4S. The summed E-state index contributed by atoms with van der Waals surface area (Å²) in [4.78, 5) is 28.1. The summed E-state index contributed by atoms with van der Waals surface area (Å²) in [6.45, 7) is 3.92. The minimum atomic E-state index is -4.08. The number of anilines is 1. The molecule has 0 saturated carbocycles. The van der Waals surface area contributed by atoms with Crippen LogP contribution in [0, 0.1) is 5.82 Å². The first-order valence-electron chi connectivity index (χ1n) is 11.7. The molecular weight excluding hydrogens is 471 g/mol. The topological polar surface area (TPSA) is 90.0 Å². The highest BCUT2D eigenvalue weighted by Gasteiger charge is 2.33. The van der Waals surface area contributed by atoms with Crippen molar-refractivity contribution in [3.05, 3.63) is 66.0 Å². The monoisotopic (exact) mass is 506 g/mol. The highest BCUT2D eigenvalue weighted by Crippen LogP contribution is 2.21. The van der Waals surface area contributed by atoms with E-state index in [0.717, 1.165) is 39.1 Å². The molecule has 0 bridgehead atoms. The van der Waals surface area contributed by atoms with E-state index in [1.54, 1.807) is 0 Å². The van der Waals surface area contributed by atoms with Gasteiger partial charge in [-0.05, 0) is 42.7 Å². The summed E-state index contributed by atoms with van der Waals surface area (Å²) >= 11 is 0. The molecule has 0 heterocycles. The van der Waals surface area contributed by atoms with E-state index < -0.39 is 34.5 Å². The fourth-order valence-corrected chi connectivity index (χ4v) is 4.59. The van der Waals surface area contributed by atoms with Crippen LogP contribution < -0.4 is 9.62 Å². The van der Waals surface area contributed by atoms with Gasteiger partial charge in [0.1, 0.15) is 18.4 Å². The van der Waals surface area contributed by atoms with Crippen LogP contribution >= 0.6 is 0 Å². The number of hydrogen-bond acceptors (Lipinski definition) is 4. The standard InChI is InChI=1S/C25H35FN4O4S/c1-5-7-17-27-25(32)23(6-2)29(18-20-11-9-8-10-12-20)24(31)19-30(35(33,34)28(3)4)22-15-13-21(26)14-16-22/h8-16,23H,5-7,17-19H2,1-4H3,(H,27,32). The maximum atomic E-state index is 13.6. The number of rotatable bonds is 13. The normalized spacial score (nSPS) is 12.3. The van der Waals surface area contributed by atoms with Gasteiger partial charge in [0.2, 0.25) is 11.8 Å². The van der Waals surface area contributed by atoms with Crippen molar-refractivity contribution in [2.24, 2.45) is 0 Å². The van der Waals surface area contributed by atoms with Gasteiger partial charge in [0.05, 0.1) is 5.69 Å². The van der Waals surface area contributed by atoms with E-state index in [-0.39, 0.29) is 18.1 Å². The lowest BCUT2D eigenvalue weighted by Gasteiger charge is -2.34. The van der Waals surface area contributed by atoms with E-state index in [1.807, 2.05) is 44.2 Å². The number of benzene rings is 2. The molecule has 2 aromatic rings. The van der Waals surface area contributed by atoms with Crippen LogP contribution in [0.3, 0.4) is 0 Å². The minimum absolute atomic E-state index is 0.138. The number of unbranched alkanes of at least 4 members (excludes halogenated alkanes) is 1. The number of carbonyl (C=O) groups is 2. The SMILES string of the molecule is CCCCNC(=O)C(CC)N(Cc1ccccc1)C(=O)CN(c1ccc(F)cc1)S(=O)(=O)N(C)C. The predicted molar refractivity (Wildman–Crippen MR) is 135 cm³/mol. The Morgan fingerprint density at radius 2 is 1.63 bits per heavy atom. The molecule has 2 aromatic carbocycles. The molecule has 0 aliphatic rings. The van der Waals surface area contributed by atoms with Crippen molar-refractivity contribution in [3.8, 4) is 0 Å². The zero-order chi connectivity index (χ0) is 26.0.